The molecule has 0 spiro atoms. The number of hydrogen-bond donors (Lipinski definition) is 1. The van der Waals surface area contributed by atoms with Crippen LogP contribution in [0.25, 0.3) is 0 Å². The van der Waals surface area contributed by atoms with E-state index in [2.05, 4.69) is 10.1 Å². The van der Waals surface area contributed by atoms with E-state index in [0.717, 1.165) is 24.3 Å². The highest BCUT2D eigenvalue weighted by molar-refractivity contribution is 5.77. The molecule has 1 unspecified atom stereocenters. The van der Waals surface area contributed by atoms with Crippen molar-refractivity contribution in [3.05, 3.63) is 101 Å². The van der Waals surface area contributed by atoms with Gasteiger partial charge >= 0.3 is 12.5 Å². The summed E-state index contributed by atoms with van der Waals surface area (Å²) in [5.41, 5.74) is -0.628. The Bertz CT molecular complexity index is 1120. The van der Waals surface area contributed by atoms with Crippen LogP contribution in [0.1, 0.15) is 30.0 Å². The number of rotatable bonds is 9. The minimum Gasteiger partial charge on any atom is -0.428 e. The van der Waals surface area contributed by atoms with Crippen molar-refractivity contribution in [2.75, 3.05) is 0 Å². The number of hydrogen-bond acceptors (Lipinski definition) is 2. The fourth-order valence-electron chi connectivity index (χ4n) is 3.59. The van der Waals surface area contributed by atoms with E-state index in [4.69, 9.17) is 0 Å². The molecule has 0 fully saturated rings. The maximum Gasteiger partial charge on any atom is 0.461 e. The van der Waals surface area contributed by atoms with Crippen LogP contribution < -0.4 is 10.1 Å². The Morgan fingerprint density at radius 2 is 1.56 bits per heavy atom. The molecule has 3 aromatic carbocycles. The predicted octanol–water partition coefficient (Wildman–Crippen LogP) is 6.21. The fraction of sp³-hybridized carbons (Fsp3) is 0.240. The van der Waals surface area contributed by atoms with Gasteiger partial charge in [0, 0.05) is 18.9 Å². The van der Waals surface area contributed by atoms with Crippen LogP contribution in [-0.2, 0) is 16.8 Å². The summed E-state index contributed by atoms with van der Waals surface area (Å²) < 4.78 is 84.9. The third-order valence-corrected chi connectivity index (χ3v) is 5.20. The second-order valence-electron chi connectivity index (χ2n) is 7.62. The molecule has 0 radical (unpaired) electrons. The van der Waals surface area contributed by atoms with E-state index in [1.54, 1.807) is 37.3 Å². The molecule has 0 heterocycles. The molecular formula is C25H21F6NO2. The topological polar surface area (TPSA) is 38.3 Å². The van der Waals surface area contributed by atoms with Crippen molar-refractivity contribution < 1.29 is 35.9 Å². The van der Waals surface area contributed by atoms with E-state index in [-0.39, 0.29) is 18.4 Å². The molecule has 1 atom stereocenters. The Labute approximate surface area is 192 Å². The molecule has 0 aliphatic carbocycles. The molecule has 180 valence electrons. The van der Waals surface area contributed by atoms with Crippen LogP contribution in [-0.4, -0.2) is 18.4 Å². The van der Waals surface area contributed by atoms with Crippen molar-refractivity contribution in [1.82, 2.24) is 5.32 Å². The number of halogens is 6. The zero-order valence-electron chi connectivity index (χ0n) is 18.0. The van der Waals surface area contributed by atoms with Crippen molar-refractivity contribution in [3.8, 4) is 5.75 Å². The Morgan fingerprint density at radius 3 is 2.15 bits per heavy atom. The first-order valence-electron chi connectivity index (χ1n) is 10.3. The van der Waals surface area contributed by atoms with Gasteiger partial charge in [0.1, 0.15) is 17.4 Å². The fourth-order valence-corrected chi connectivity index (χ4v) is 3.59. The van der Waals surface area contributed by atoms with Gasteiger partial charge in [-0.3, -0.25) is 4.79 Å². The Balaban J connectivity index is 2.25. The van der Waals surface area contributed by atoms with Crippen LogP contribution in [0.2, 0.25) is 0 Å². The minimum atomic E-state index is -4.87. The summed E-state index contributed by atoms with van der Waals surface area (Å²) in [4.78, 5) is 12.6. The maximum atomic E-state index is 14.6. The van der Waals surface area contributed by atoms with Crippen molar-refractivity contribution in [2.45, 2.75) is 37.8 Å². The lowest BCUT2D eigenvalue weighted by atomic mass is 9.77. The molecule has 0 aliphatic rings. The van der Waals surface area contributed by atoms with E-state index in [9.17, 15) is 31.1 Å². The smallest absolute Gasteiger partial charge is 0.428 e. The molecule has 3 aromatic rings. The van der Waals surface area contributed by atoms with Gasteiger partial charge in [-0.25, -0.2) is 8.78 Å². The summed E-state index contributed by atoms with van der Waals surface area (Å²) in [6.07, 6.45) is -8.97. The van der Waals surface area contributed by atoms with E-state index in [1.165, 1.54) is 12.1 Å². The summed E-state index contributed by atoms with van der Waals surface area (Å²) in [7, 11) is 0. The molecule has 0 aliphatic heterocycles. The summed E-state index contributed by atoms with van der Waals surface area (Å²) in [6, 6.07) is 16.2. The molecule has 1 amide bonds. The quantitative estimate of drug-likeness (QED) is 0.369. The monoisotopic (exact) mass is 481 g/mol. The lowest BCUT2D eigenvalue weighted by Crippen LogP contribution is -2.48. The number of nitrogens with one attached hydrogen (secondary N) is 1. The van der Waals surface area contributed by atoms with Gasteiger partial charge in [-0.05, 0) is 41.0 Å². The van der Waals surface area contributed by atoms with Gasteiger partial charge in [-0.1, -0.05) is 49.4 Å². The standard InChI is InChI=1S/C25H21F6NO2/c1-2-22(33)32-24(15-16-6-4-3-5-7-16,17-8-10-19(26)11-9-17)18-12-20(27)14-21(13-18)34-25(30,31)23(28)29/h3-14,23H,2,15H2,1H3,(H,32,33). The van der Waals surface area contributed by atoms with Crippen molar-refractivity contribution in [1.29, 1.82) is 0 Å². The van der Waals surface area contributed by atoms with Gasteiger partial charge in [0.25, 0.3) is 0 Å². The summed E-state index contributed by atoms with van der Waals surface area (Å²) in [6.45, 7) is 1.58. The number of carbonyl (C=O) groups is 1. The second-order valence-corrected chi connectivity index (χ2v) is 7.62. The second kappa shape index (κ2) is 10.2. The van der Waals surface area contributed by atoms with Crippen LogP contribution in [0.15, 0.2) is 72.8 Å². The van der Waals surface area contributed by atoms with Crippen molar-refractivity contribution in [2.24, 2.45) is 0 Å². The lowest BCUT2D eigenvalue weighted by Gasteiger charge is -2.37. The van der Waals surface area contributed by atoms with Gasteiger partial charge in [-0.2, -0.15) is 17.6 Å². The van der Waals surface area contributed by atoms with Crippen LogP contribution in [0.5, 0.6) is 5.75 Å². The molecule has 1 N–H and O–H groups in total. The summed E-state index contributed by atoms with van der Waals surface area (Å²) in [5.74, 6) is -2.95. The normalized spacial score (nSPS) is 13.4. The molecule has 9 heteroatoms. The highest BCUT2D eigenvalue weighted by atomic mass is 19.3. The van der Waals surface area contributed by atoms with Crippen molar-refractivity contribution in [3.63, 3.8) is 0 Å². The lowest BCUT2D eigenvalue weighted by molar-refractivity contribution is -0.253. The van der Waals surface area contributed by atoms with Gasteiger partial charge < -0.3 is 10.1 Å². The Morgan fingerprint density at radius 1 is 0.912 bits per heavy atom. The average molecular weight is 481 g/mol. The summed E-state index contributed by atoms with van der Waals surface area (Å²) >= 11 is 0. The van der Waals surface area contributed by atoms with Crippen LogP contribution >= 0.6 is 0 Å². The highest BCUT2D eigenvalue weighted by Gasteiger charge is 2.44. The predicted molar refractivity (Wildman–Crippen MR) is 114 cm³/mol. The molecular weight excluding hydrogens is 460 g/mol. The van der Waals surface area contributed by atoms with Gasteiger partial charge in [0.2, 0.25) is 5.91 Å². The number of benzene rings is 3. The molecule has 0 saturated heterocycles. The Kier molecular flexibility index (Phi) is 7.54. The van der Waals surface area contributed by atoms with E-state index < -0.39 is 41.4 Å². The van der Waals surface area contributed by atoms with Crippen molar-refractivity contribution >= 4 is 5.91 Å². The average Bonchev–Trinajstić information content (AvgIpc) is 2.78. The molecule has 0 saturated carbocycles. The van der Waals surface area contributed by atoms with Crippen LogP contribution in [0, 0.1) is 11.6 Å². The molecule has 0 bridgehead atoms. The number of ether oxygens (including phenoxy) is 1. The number of alkyl halides is 4. The number of amides is 1. The minimum absolute atomic E-state index is 0.0132. The highest BCUT2D eigenvalue weighted by Crippen LogP contribution is 2.38. The van der Waals surface area contributed by atoms with Gasteiger partial charge in [0.05, 0.1) is 5.54 Å². The first kappa shape index (κ1) is 25.1. The maximum absolute atomic E-state index is 14.6. The third kappa shape index (κ3) is 5.70. The summed E-state index contributed by atoms with van der Waals surface area (Å²) in [5, 5.41) is 2.80. The van der Waals surface area contributed by atoms with E-state index in [0.29, 0.717) is 17.2 Å². The van der Waals surface area contributed by atoms with Crippen LogP contribution in [0.3, 0.4) is 0 Å². The molecule has 0 aromatic heterocycles. The zero-order chi connectivity index (χ0) is 24.9. The molecule has 3 nitrogen and oxygen atoms in total. The van der Waals surface area contributed by atoms with Crippen LogP contribution in [0.4, 0.5) is 26.3 Å². The number of carbonyl (C=O) groups excluding carboxylic acids is 1. The molecule has 34 heavy (non-hydrogen) atoms. The first-order chi connectivity index (χ1) is 16.1. The third-order valence-electron chi connectivity index (χ3n) is 5.20. The first-order valence-corrected chi connectivity index (χ1v) is 10.3. The van der Waals surface area contributed by atoms with E-state index in [1.807, 2.05) is 0 Å². The van der Waals surface area contributed by atoms with Gasteiger partial charge in [0.15, 0.2) is 0 Å². The SMILES string of the molecule is CCC(=O)NC(Cc1ccccc1)(c1ccc(F)cc1)c1cc(F)cc(OC(F)(F)C(F)F)c1. The van der Waals surface area contributed by atoms with Gasteiger partial charge in [-0.15, -0.1) is 0 Å². The Hall–Kier alpha value is -3.49. The largest absolute Gasteiger partial charge is 0.461 e. The van der Waals surface area contributed by atoms with E-state index >= 15 is 0 Å². The zero-order valence-corrected chi connectivity index (χ0v) is 18.0. The molecule has 3 rings (SSSR count).